The number of fused-ring (bicyclic) bond motifs is 1. The zero-order chi connectivity index (χ0) is 22.0. The van der Waals surface area contributed by atoms with Crippen molar-refractivity contribution in [1.82, 2.24) is 9.97 Å². The van der Waals surface area contributed by atoms with E-state index in [-0.39, 0.29) is 17.4 Å². The second-order valence-corrected chi connectivity index (χ2v) is 7.01. The zero-order valence-electron chi connectivity index (χ0n) is 16.6. The van der Waals surface area contributed by atoms with Gasteiger partial charge in [-0.15, -0.1) is 0 Å². The summed E-state index contributed by atoms with van der Waals surface area (Å²) in [5, 5.41) is 6.27. The number of H-pyrrole nitrogens is 1. The first-order chi connectivity index (χ1) is 14.9. The summed E-state index contributed by atoms with van der Waals surface area (Å²) in [7, 11) is 0. The quantitative estimate of drug-likeness (QED) is 0.408. The molecular weight excluding hydrogens is 394 g/mol. The average Bonchev–Trinajstić information content (AvgIpc) is 2.75. The summed E-state index contributed by atoms with van der Waals surface area (Å²) in [6.07, 6.45) is 1.35. The van der Waals surface area contributed by atoms with Gasteiger partial charge in [0.05, 0.1) is 11.1 Å². The highest BCUT2D eigenvalue weighted by Gasteiger charge is 2.10. The number of pyridine rings is 2. The van der Waals surface area contributed by atoms with E-state index >= 15 is 0 Å². The molecular formula is C23H19N5O3. The normalized spacial score (nSPS) is 10.6. The molecule has 2 aromatic carbocycles. The van der Waals surface area contributed by atoms with Crippen LogP contribution in [0.15, 0.2) is 71.7 Å². The first kappa shape index (κ1) is 19.8. The number of anilines is 3. The Labute approximate surface area is 177 Å². The predicted octanol–water partition coefficient (Wildman–Crippen LogP) is 3.32. The molecule has 0 spiro atoms. The number of nitrogen functional groups attached to an aromatic ring is 1. The fourth-order valence-electron chi connectivity index (χ4n) is 3.13. The van der Waals surface area contributed by atoms with Crippen LogP contribution in [0.25, 0.3) is 10.9 Å². The van der Waals surface area contributed by atoms with Crippen LogP contribution in [0.3, 0.4) is 0 Å². The molecule has 2 amide bonds. The molecule has 0 aliphatic rings. The second kappa shape index (κ2) is 8.11. The van der Waals surface area contributed by atoms with E-state index in [1.165, 1.54) is 18.3 Å². The van der Waals surface area contributed by atoms with Gasteiger partial charge in [0.1, 0.15) is 0 Å². The lowest BCUT2D eigenvalue weighted by atomic mass is 10.1. The summed E-state index contributed by atoms with van der Waals surface area (Å²) in [5.41, 5.74) is 9.81. The van der Waals surface area contributed by atoms with Crippen LogP contribution in [-0.2, 0) is 0 Å². The van der Waals surface area contributed by atoms with Crippen molar-refractivity contribution in [2.75, 3.05) is 16.4 Å². The third-order valence-electron chi connectivity index (χ3n) is 4.68. The molecule has 0 atom stereocenters. The number of nitrogens with one attached hydrogen (secondary N) is 3. The number of rotatable bonds is 4. The topological polar surface area (TPSA) is 130 Å². The van der Waals surface area contributed by atoms with Crippen molar-refractivity contribution in [2.45, 2.75) is 6.92 Å². The lowest BCUT2D eigenvalue weighted by Gasteiger charge is -2.09. The van der Waals surface area contributed by atoms with Crippen molar-refractivity contribution in [1.29, 1.82) is 0 Å². The number of aryl methyl sites for hydroxylation is 1. The maximum atomic E-state index is 12.6. The van der Waals surface area contributed by atoms with Crippen LogP contribution in [0, 0.1) is 6.92 Å². The fraction of sp³-hybridized carbons (Fsp3) is 0.0435. The van der Waals surface area contributed by atoms with Gasteiger partial charge >= 0.3 is 0 Å². The second-order valence-electron chi connectivity index (χ2n) is 7.01. The molecule has 8 heteroatoms. The summed E-state index contributed by atoms with van der Waals surface area (Å²) < 4.78 is 0. The zero-order valence-corrected chi connectivity index (χ0v) is 16.6. The maximum Gasteiger partial charge on any atom is 0.257 e. The lowest BCUT2D eigenvalue weighted by molar-refractivity contribution is 0.101. The first-order valence-corrected chi connectivity index (χ1v) is 9.47. The molecule has 0 saturated heterocycles. The van der Waals surface area contributed by atoms with Gasteiger partial charge in [-0.05, 0) is 61.5 Å². The Morgan fingerprint density at radius 2 is 1.48 bits per heavy atom. The summed E-state index contributed by atoms with van der Waals surface area (Å²) in [4.78, 5) is 42.8. The number of hydrogen-bond acceptors (Lipinski definition) is 5. The number of hydrogen-bond donors (Lipinski definition) is 4. The van der Waals surface area contributed by atoms with E-state index in [0.29, 0.717) is 28.2 Å². The van der Waals surface area contributed by atoms with Gasteiger partial charge in [-0.2, -0.15) is 0 Å². The molecule has 31 heavy (non-hydrogen) atoms. The third kappa shape index (κ3) is 4.43. The van der Waals surface area contributed by atoms with Crippen LogP contribution in [0.4, 0.5) is 17.1 Å². The van der Waals surface area contributed by atoms with Crippen LogP contribution >= 0.6 is 0 Å². The van der Waals surface area contributed by atoms with Crippen LogP contribution in [-0.4, -0.2) is 21.8 Å². The maximum absolute atomic E-state index is 12.6. The Kier molecular flexibility index (Phi) is 5.19. The van der Waals surface area contributed by atoms with Gasteiger partial charge in [-0.1, -0.05) is 0 Å². The highest BCUT2D eigenvalue weighted by Crippen LogP contribution is 2.23. The molecule has 2 heterocycles. The number of nitrogens with zero attached hydrogens (tertiary/aromatic N) is 1. The number of aromatic nitrogens is 2. The van der Waals surface area contributed by atoms with Gasteiger partial charge in [-0.3, -0.25) is 19.4 Å². The van der Waals surface area contributed by atoms with E-state index < -0.39 is 0 Å². The Hall–Kier alpha value is -4.46. The van der Waals surface area contributed by atoms with Crippen LogP contribution < -0.4 is 21.9 Å². The van der Waals surface area contributed by atoms with E-state index in [0.717, 1.165) is 16.6 Å². The minimum Gasteiger partial charge on any atom is -0.398 e. The van der Waals surface area contributed by atoms with Crippen molar-refractivity contribution in [3.05, 3.63) is 94.0 Å². The third-order valence-corrected chi connectivity index (χ3v) is 4.68. The molecule has 2 aromatic heterocycles. The van der Waals surface area contributed by atoms with Gasteiger partial charge in [0, 0.05) is 46.0 Å². The number of nitrogens with two attached hydrogens (primary N) is 1. The van der Waals surface area contributed by atoms with Crippen molar-refractivity contribution in [3.8, 4) is 0 Å². The molecule has 0 aliphatic heterocycles. The Morgan fingerprint density at radius 1 is 0.871 bits per heavy atom. The van der Waals surface area contributed by atoms with Crippen molar-refractivity contribution in [2.24, 2.45) is 0 Å². The smallest absolute Gasteiger partial charge is 0.257 e. The van der Waals surface area contributed by atoms with E-state index in [1.807, 2.05) is 6.92 Å². The highest BCUT2D eigenvalue weighted by molar-refractivity contribution is 6.07. The van der Waals surface area contributed by atoms with Gasteiger partial charge in [0.2, 0.25) is 5.56 Å². The molecule has 0 unspecified atom stereocenters. The van der Waals surface area contributed by atoms with E-state index in [4.69, 9.17) is 5.73 Å². The lowest BCUT2D eigenvalue weighted by Crippen LogP contribution is -2.15. The van der Waals surface area contributed by atoms with Crippen molar-refractivity contribution >= 4 is 39.8 Å². The number of carbonyl (C=O) groups excluding carboxylic acids is 2. The highest BCUT2D eigenvalue weighted by atomic mass is 16.2. The molecule has 0 radical (unpaired) electrons. The molecule has 5 N–H and O–H groups in total. The van der Waals surface area contributed by atoms with Crippen LogP contribution in [0.5, 0.6) is 0 Å². The molecule has 8 nitrogen and oxygen atoms in total. The number of benzene rings is 2. The predicted molar refractivity (Wildman–Crippen MR) is 120 cm³/mol. The fourth-order valence-corrected chi connectivity index (χ4v) is 3.13. The monoisotopic (exact) mass is 413 g/mol. The largest absolute Gasteiger partial charge is 0.398 e. The minimum absolute atomic E-state index is 0.280. The first-order valence-electron chi connectivity index (χ1n) is 9.47. The van der Waals surface area contributed by atoms with Gasteiger partial charge in [0.15, 0.2) is 0 Å². The van der Waals surface area contributed by atoms with Gasteiger partial charge in [0.25, 0.3) is 11.8 Å². The standard InChI is InChI=1S/C23H19N5O3/c1-13-10-19(24)18-11-14(2-8-20(18)26-13)22(30)27-16-4-6-17(7-5-16)28-23(31)15-3-9-21(29)25-12-15/h2-12H,1H3,(H2,24,26)(H,25,29)(H,27,30)(H,28,31). The molecule has 0 fully saturated rings. The molecule has 0 bridgehead atoms. The van der Waals surface area contributed by atoms with E-state index in [2.05, 4.69) is 20.6 Å². The van der Waals surface area contributed by atoms with Crippen molar-refractivity contribution < 1.29 is 9.59 Å². The molecule has 0 aliphatic carbocycles. The Bertz CT molecular complexity index is 1340. The summed E-state index contributed by atoms with van der Waals surface area (Å²) in [5.74, 6) is -0.641. The number of amides is 2. The Morgan fingerprint density at radius 3 is 2.10 bits per heavy atom. The van der Waals surface area contributed by atoms with Crippen LogP contribution in [0.1, 0.15) is 26.4 Å². The summed E-state index contributed by atoms with van der Waals surface area (Å²) >= 11 is 0. The molecule has 4 aromatic rings. The van der Waals surface area contributed by atoms with Crippen LogP contribution in [0.2, 0.25) is 0 Å². The SMILES string of the molecule is Cc1cc(N)c2cc(C(=O)Nc3ccc(NC(=O)c4ccc(=O)[nH]c4)cc3)ccc2n1. The number of carbonyl (C=O) groups is 2. The van der Waals surface area contributed by atoms with E-state index in [1.54, 1.807) is 48.5 Å². The van der Waals surface area contributed by atoms with Crippen molar-refractivity contribution in [3.63, 3.8) is 0 Å². The van der Waals surface area contributed by atoms with Gasteiger partial charge in [-0.25, -0.2) is 0 Å². The molecule has 4 rings (SSSR count). The summed E-state index contributed by atoms with van der Waals surface area (Å²) in [6.45, 7) is 1.86. The minimum atomic E-state index is -0.356. The average molecular weight is 413 g/mol. The summed E-state index contributed by atoms with van der Waals surface area (Å²) in [6, 6.07) is 16.4. The Balaban J connectivity index is 1.45. The number of aromatic amines is 1. The van der Waals surface area contributed by atoms with E-state index in [9.17, 15) is 14.4 Å². The molecule has 0 saturated carbocycles. The molecule has 154 valence electrons. The van der Waals surface area contributed by atoms with Gasteiger partial charge < -0.3 is 21.4 Å².